The van der Waals surface area contributed by atoms with Gasteiger partial charge in [-0.3, -0.25) is 10.9 Å². The van der Waals surface area contributed by atoms with E-state index in [0.29, 0.717) is 18.0 Å². The molecule has 3 unspecified atom stereocenters. The van der Waals surface area contributed by atoms with Crippen LogP contribution in [-0.4, -0.2) is 53.4 Å². The van der Waals surface area contributed by atoms with E-state index < -0.39 is 0 Å². The van der Waals surface area contributed by atoms with Crippen LogP contribution in [0.1, 0.15) is 25.3 Å². The zero-order chi connectivity index (χ0) is 20.8. The molecule has 31 heavy (non-hydrogen) atoms. The summed E-state index contributed by atoms with van der Waals surface area (Å²) in [7, 11) is 0. The van der Waals surface area contributed by atoms with E-state index in [4.69, 9.17) is 14.7 Å². The number of ether oxygens (including phenoxy) is 1. The Balaban J connectivity index is 1.49. The summed E-state index contributed by atoms with van der Waals surface area (Å²) in [6.07, 6.45) is 5.16. The van der Waals surface area contributed by atoms with Crippen LogP contribution in [0.25, 0.3) is 22.6 Å². The molecule has 0 radical (unpaired) electrons. The van der Waals surface area contributed by atoms with Crippen LogP contribution in [0.5, 0.6) is 0 Å². The van der Waals surface area contributed by atoms with Crippen LogP contribution in [0.2, 0.25) is 0 Å². The molecule has 0 spiro atoms. The number of halogens is 1. The van der Waals surface area contributed by atoms with Gasteiger partial charge in [-0.2, -0.15) is 0 Å². The molecule has 7 nitrogen and oxygen atoms in total. The molecule has 2 N–H and O–H groups in total. The minimum atomic E-state index is -0.234. The summed E-state index contributed by atoms with van der Waals surface area (Å²) in [4.78, 5) is 12.2. The number of morpholine rings is 1. The van der Waals surface area contributed by atoms with Gasteiger partial charge in [0.15, 0.2) is 5.65 Å². The quantitative estimate of drug-likeness (QED) is 0.677. The molecule has 1 aliphatic carbocycles. The summed E-state index contributed by atoms with van der Waals surface area (Å²) in [6.45, 7) is 4.14. The second kappa shape index (κ2) is 7.85. The lowest BCUT2D eigenvalue weighted by atomic mass is 9.82. The van der Waals surface area contributed by atoms with Crippen LogP contribution in [0.3, 0.4) is 0 Å². The molecule has 3 fully saturated rings. The van der Waals surface area contributed by atoms with E-state index in [1.54, 1.807) is 0 Å². The minimum absolute atomic E-state index is 0.234. The Morgan fingerprint density at radius 2 is 1.90 bits per heavy atom. The lowest BCUT2D eigenvalue weighted by Gasteiger charge is -2.32. The molecule has 3 aromatic rings. The van der Waals surface area contributed by atoms with Crippen molar-refractivity contribution < 1.29 is 9.13 Å². The second-order valence-corrected chi connectivity index (χ2v) is 8.77. The van der Waals surface area contributed by atoms with E-state index in [2.05, 4.69) is 26.4 Å². The molecule has 4 heterocycles. The van der Waals surface area contributed by atoms with E-state index in [1.165, 1.54) is 12.1 Å². The van der Waals surface area contributed by atoms with Crippen LogP contribution in [-0.2, 0) is 4.74 Å². The highest BCUT2D eigenvalue weighted by molar-refractivity contribution is 5.89. The van der Waals surface area contributed by atoms with Crippen molar-refractivity contribution in [3.8, 4) is 11.4 Å². The second-order valence-electron chi connectivity index (χ2n) is 8.77. The number of hydrogen-bond donors (Lipinski definition) is 2. The third-order valence-electron chi connectivity index (χ3n) is 6.98. The Hall–Kier alpha value is -2.55. The number of rotatable bonds is 3. The average molecular weight is 423 g/mol. The fourth-order valence-electron chi connectivity index (χ4n) is 5.40. The van der Waals surface area contributed by atoms with Crippen LogP contribution in [0.15, 0.2) is 36.5 Å². The first-order valence-corrected chi connectivity index (χ1v) is 11.2. The van der Waals surface area contributed by atoms with Gasteiger partial charge in [0.1, 0.15) is 17.2 Å². The molecule has 1 saturated carbocycles. The number of nitrogens with one attached hydrogen (secondary N) is 2. The molecular formula is C23H27FN6O. The number of pyridine rings is 1. The number of hydrazine groups is 1. The van der Waals surface area contributed by atoms with Crippen LogP contribution >= 0.6 is 0 Å². The van der Waals surface area contributed by atoms with Gasteiger partial charge < -0.3 is 14.2 Å². The molecule has 3 aliphatic rings. The number of aromatic nitrogens is 3. The predicted octanol–water partition coefficient (Wildman–Crippen LogP) is 2.89. The number of anilines is 1. The van der Waals surface area contributed by atoms with Gasteiger partial charge in [-0.1, -0.05) is 0 Å². The van der Waals surface area contributed by atoms with Gasteiger partial charge in [0.2, 0.25) is 0 Å². The number of nitrogens with zero attached hydrogens (tertiary/aromatic N) is 4. The lowest BCUT2D eigenvalue weighted by molar-refractivity contribution is 0.123. The summed E-state index contributed by atoms with van der Waals surface area (Å²) < 4.78 is 21.5. The molecule has 1 aromatic carbocycles. The van der Waals surface area contributed by atoms with E-state index in [0.717, 1.165) is 80.3 Å². The molecule has 0 bridgehead atoms. The Morgan fingerprint density at radius 3 is 2.74 bits per heavy atom. The molecule has 2 aromatic heterocycles. The van der Waals surface area contributed by atoms with E-state index in [-0.39, 0.29) is 5.82 Å². The smallest absolute Gasteiger partial charge is 0.162 e. The van der Waals surface area contributed by atoms with E-state index in [1.807, 2.05) is 18.3 Å². The maximum Gasteiger partial charge on any atom is 0.162 e. The summed E-state index contributed by atoms with van der Waals surface area (Å²) in [5.41, 5.74) is 10.6. The molecule has 6 rings (SSSR count). The van der Waals surface area contributed by atoms with Crippen molar-refractivity contribution in [2.24, 2.45) is 5.92 Å². The fourth-order valence-corrected chi connectivity index (χ4v) is 5.40. The minimum Gasteiger partial charge on any atom is -0.378 e. The van der Waals surface area contributed by atoms with Crippen molar-refractivity contribution in [3.05, 3.63) is 42.3 Å². The highest BCUT2D eigenvalue weighted by atomic mass is 19.1. The molecule has 3 atom stereocenters. The number of imidazole rings is 1. The van der Waals surface area contributed by atoms with Crippen LogP contribution in [0.4, 0.5) is 10.1 Å². The van der Waals surface area contributed by atoms with Gasteiger partial charge in [0.25, 0.3) is 0 Å². The Bertz CT molecular complexity index is 1080. The van der Waals surface area contributed by atoms with Crippen LogP contribution in [0, 0.1) is 11.7 Å². The topological polar surface area (TPSA) is 67.2 Å². The Morgan fingerprint density at radius 1 is 1.06 bits per heavy atom. The SMILES string of the molecule is Fc1ccc(-c2nc3c(N4CCOCC4)ccnc3n2C2CCC3NNCC3C2)cc1. The van der Waals surface area contributed by atoms with Crippen molar-refractivity contribution in [2.75, 3.05) is 37.7 Å². The molecule has 8 heteroatoms. The maximum atomic E-state index is 13.6. The van der Waals surface area contributed by atoms with E-state index in [9.17, 15) is 4.39 Å². The summed E-state index contributed by atoms with van der Waals surface area (Å²) in [5.74, 6) is 1.24. The van der Waals surface area contributed by atoms with Gasteiger partial charge in [0, 0.05) is 43.5 Å². The number of benzene rings is 1. The average Bonchev–Trinajstić information content (AvgIpc) is 3.44. The molecule has 2 saturated heterocycles. The van der Waals surface area contributed by atoms with Gasteiger partial charge in [0.05, 0.1) is 18.9 Å². The highest BCUT2D eigenvalue weighted by Gasteiger charge is 2.36. The van der Waals surface area contributed by atoms with Crippen molar-refractivity contribution >= 4 is 16.9 Å². The van der Waals surface area contributed by atoms with E-state index >= 15 is 0 Å². The first kappa shape index (κ1) is 19.2. The standard InChI is InChI=1S/C23H27FN6O/c24-17-3-1-15(2-4-17)22-27-21-20(29-9-11-31-12-10-29)7-8-25-23(21)30(22)18-5-6-19-16(13-18)14-26-28-19/h1-4,7-8,16,18-19,26,28H,5-6,9-14H2. The predicted molar refractivity (Wildman–Crippen MR) is 117 cm³/mol. The number of fused-ring (bicyclic) bond motifs is 2. The van der Waals surface area contributed by atoms with Gasteiger partial charge in [-0.25, -0.2) is 14.4 Å². The maximum absolute atomic E-state index is 13.6. The van der Waals surface area contributed by atoms with Crippen molar-refractivity contribution in [1.29, 1.82) is 0 Å². The first-order chi connectivity index (χ1) is 15.3. The van der Waals surface area contributed by atoms with Crippen molar-refractivity contribution in [2.45, 2.75) is 31.3 Å². The first-order valence-electron chi connectivity index (χ1n) is 11.2. The summed E-state index contributed by atoms with van der Waals surface area (Å²) in [5, 5.41) is 0. The summed E-state index contributed by atoms with van der Waals surface area (Å²) >= 11 is 0. The van der Waals surface area contributed by atoms with Crippen molar-refractivity contribution in [3.63, 3.8) is 0 Å². The zero-order valence-electron chi connectivity index (χ0n) is 17.4. The van der Waals surface area contributed by atoms with Gasteiger partial charge in [-0.05, 0) is 55.5 Å². The van der Waals surface area contributed by atoms with Gasteiger partial charge >= 0.3 is 0 Å². The largest absolute Gasteiger partial charge is 0.378 e. The molecule has 2 aliphatic heterocycles. The Kier molecular flexibility index (Phi) is 4.85. The highest BCUT2D eigenvalue weighted by Crippen LogP contribution is 2.40. The fraction of sp³-hybridized carbons (Fsp3) is 0.478. The normalized spacial score (nSPS) is 26.4. The van der Waals surface area contributed by atoms with Gasteiger partial charge in [-0.15, -0.1) is 0 Å². The third-order valence-corrected chi connectivity index (χ3v) is 6.98. The van der Waals surface area contributed by atoms with Crippen molar-refractivity contribution in [1.82, 2.24) is 25.4 Å². The number of hydrogen-bond acceptors (Lipinski definition) is 6. The Labute approximate surface area is 180 Å². The lowest BCUT2D eigenvalue weighted by Crippen LogP contribution is -2.36. The molecule has 162 valence electrons. The third kappa shape index (κ3) is 3.39. The van der Waals surface area contributed by atoms with Crippen LogP contribution < -0.4 is 15.8 Å². The molecular weight excluding hydrogens is 395 g/mol. The zero-order valence-corrected chi connectivity index (χ0v) is 17.4. The summed E-state index contributed by atoms with van der Waals surface area (Å²) in [6, 6.07) is 9.59. The molecule has 0 amide bonds. The monoisotopic (exact) mass is 422 g/mol.